The van der Waals surface area contributed by atoms with Crippen molar-refractivity contribution in [2.45, 2.75) is 63.7 Å². The van der Waals surface area contributed by atoms with Crippen molar-refractivity contribution in [2.24, 2.45) is 17.4 Å². The van der Waals surface area contributed by atoms with Crippen LogP contribution >= 0.6 is 11.8 Å². The highest BCUT2D eigenvalue weighted by molar-refractivity contribution is 7.98. The first-order valence-electron chi connectivity index (χ1n) is 10.2. The fourth-order valence-corrected chi connectivity index (χ4v) is 3.03. The third kappa shape index (κ3) is 12.1. The van der Waals surface area contributed by atoms with Crippen molar-refractivity contribution in [1.82, 2.24) is 16.0 Å². The maximum Gasteiger partial charge on any atom is 0.326 e. The molecule has 0 saturated heterocycles. The average Bonchev–Trinajstić information content (AvgIpc) is 2.71. The number of nitrogens with one attached hydrogen (secondary N) is 3. The van der Waals surface area contributed by atoms with Crippen LogP contribution in [0.15, 0.2) is 0 Å². The molecule has 4 unspecified atom stereocenters. The van der Waals surface area contributed by atoms with Crippen molar-refractivity contribution in [2.75, 3.05) is 12.0 Å². The highest BCUT2D eigenvalue weighted by Crippen LogP contribution is 2.06. The summed E-state index contributed by atoms with van der Waals surface area (Å²) >= 11 is 1.37. The number of aliphatic carboxylic acids is 2. The van der Waals surface area contributed by atoms with Crippen LogP contribution in [0.5, 0.6) is 0 Å². The number of carboxylic acid groups (broad SMARTS) is 2. The zero-order valence-electron chi connectivity index (χ0n) is 18.8. The summed E-state index contributed by atoms with van der Waals surface area (Å²) in [6, 6.07) is -5.13. The van der Waals surface area contributed by atoms with Gasteiger partial charge in [-0.1, -0.05) is 13.8 Å². The summed E-state index contributed by atoms with van der Waals surface area (Å²) in [7, 11) is 0. The number of rotatable bonds is 16. The maximum absolute atomic E-state index is 12.7. The predicted octanol–water partition coefficient (Wildman–Crippen LogP) is -2.00. The van der Waals surface area contributed by atoms with E-state index in [2.05, 4.69) is 16.0 Å². The Bertz CT molecular complexity index is 733. The molecule has 0 saturated carbocycles. The minimum absolute atomic E-state index is 0.106. The van der Waals surface area contributed by atoms with Crippen molar-refractivity contribution >= 4 is 47.3 Å². The number of amides is 4. The number of nitrogens with two attached hydrogens (primary N) is 2. The Kier molecular flexibility index (Phi) is 13.7. The molecule has 0 aromatic carbocycles. The maximum atomic E-state index is 12.7. The average molecular weight is 492 g/mol. The van der Waals surface area contributed by atoms with Crippen LogP contribution in [-0.4, -0.2) is 82.0 Å². The van der Waals surface area contributed by atoms with E-state index in [-0.39, 0.29) is 18.8 Å². The summed E-state index contributed by atoms with van der Waals surface area (Å²) in [6.45, 7) is 3.35. The Labute approximate surface area is 195 Å². The number of primary amides is 1. The van der Waals surface area contributed by atoms with Crippen molar-refractivity contribution < 1.29 is 39.0 Å². The fourth-order valence-electron chi connectivity index (χ4n) is 2.56. The van der Waals surface area contributed by atoms with E-state index >= 15 is 0 Å². The van der Waals surface area contributed by atoms with E-state index in [0.717, 1.165) is 0 Å². The number of hydrogen-bond donors (Lipinski definition) is 7. The molecule has 4 atom stereocenters. The van der Waals surface area contributed by atoms with Gasteiger partial charge in [0.25, 0.3) is 0 Å². The Morgan fingerprint density at radius 3 is 1.82 bits per heavy atom. The first-order chi connectivity index (χ1) is 15.3. The molecule has 13 nitrogen and oxygen atoms in total. The standard InChI is InChI=1S/C19H33N5O8S/c1-9(2)15(21)18(30)24-12(8-13(20)25)17(29)22-10(4-5-14(26)27)16(28)23-11(19(31)32)6-7-33-3/h9-12,15H,4-8,21H2,1-3H3,(H2,20,25)(H,22,29)(H,23,28)(H,24,30)(H,26,27)(H,31,32). The van der Waals surface area contributed by atoms with Gasteiger partial charge in [-0.3, -0.25) is 24.0 Å². The normalized spacial score (nSPS) is 14.5. The quantitative estimate of drug-likeness (QED) is 0.125. The topological polar surface area (TPSA) is 231 Å². The summed E-state index contributed by atoms with van der Waals surface area (Å²) in [6.07, 6.45) is 0.405. The zero-order chi connectivity index (χ0) is 25.7. The van der Waals surface area contributed by atoms with Crippen LogP contribution in [0.3, 0.4) is 0 Å². The summed E-state index contributed by atoms with van der Waals surface area (Å²) in [5.74, 6) is -5.89. The highest BCUT2D eigenvalue weighted by atomic mass is 32.2. The molecule has 9 N–H and O–H groups in total. The smallest absolute Gasteiger partial charge is 0.326 e. The molecule has 0 aliphatic carbocycles. The van der Waals surface area contributed by atoms with Crippen LogP contribution in [0, 0.1) is 5.92 Å². The minimum Gasteiger partial charge on any atom is -0.481 e. The molecule has 0 spiro atoms. The van der Waals surface area contributed by atoms with Gasteiger partial charge in [-0.05, 0) is 30.8 Å². The van der Waals surface area contributed by atoms with Crippen LogP contribution < -0.4 is 27.4 Å². The van der Waals surface area contributed by atoms with Crippen molar-refractivity contribution in [3.05, 3.63) is 0 Å². The Balaban J connectivity index is 5.56. The Morgan fingerprint density at radius 2 is 1.36 bits per heavy atom. The van der Waals surface area contributed by atoms with Gasteiger partial charge in [-0.2, -0.15) is 11.8 Å². The monoisotopic (exact) mass is 491 g/mol. The number of thioether (sulfide) groups is 1. The molecule has 0 aliphatic heterocycles. The molecule has 0 bridgehead atoms. The van der Waals surface area contributed by atoms with Crippen molar-refractivity contribution in [1.29, 1.82) is 0 Å². The van der Waals surface area contributed by atoms with Gasteiger partial charge >= 0.3 is 11.9 Å². The second kappa shape index (κ2) is 15.1. The summed E-state index contributed by atoms with van der Waals surface area (Å²) in [5.41, 5.74) is 10.9. The van der Waals surface area contributed by atoms with Crippen LogP contribution in [0.25, 0.3) is 0 Å². The van der Waals surface area contributed by atoms with Gasteiger partial charge in [0.05, 0.1) is 12.5 Å². The van der Waals surface area contributed by atoms with E-state index in [0.29, 0.717) is 5.75 Å². The molecule has 0 aromatic rings. The third-order valence-corrected chi connectivity index (χ3v) is 5.21. The van der Waals surface area contributed by atoms with E-state index in [1.165, 1.54) is 11.8 Å². The number of hydrogen-bond acceptors (Lipinski definition) is 8. The van der Waals surface area contributed by atoms with Gasteiger partial charge in [0, 0.05) is 6.42 Å². The van der Waals surface area contributed by atoms with E-state index in [4.69, 9.17) is 16.6 Å². The highest BCUT2D eigenvalue weighted by Gasteiger charge is 2.31. The molecule has 33 heavy (non-hydrogen) atoms. The first-order valence-corrected chi connectivity index (χ1v) is 11.6. The van der Waals surface area contributed by atoms with Crippen LogP contribution in [-0.2, 0) is 28.8 Å². The van der Waals surface area contributed by atoms with Crippen molar-refractivity contribution in [3.8, 4) is 0 Å². The molecule has 0 rings (SSSR count). The van der Waals surface area contributed by atoms with Crippen molar-refractivity contribution in [3.63, 3.8) is 0 Å². The number of carbonyl (C=O) groups is 6. The number of carboxylic acids is 2. The van der Waals surface area contributed by atoms with Gasteiger partial charge in [-0.15, -0.1) is 0 Å². The zero-order valence-corrected chi connectivity index (χ0v) is 19.6. The largest absolute Gasteiger partial charge is 0.481 e. The van der Waals surface area contributed by atoms with Crippen LogP contribution in [0.1, 0.15) is 39.5 Å². The van der Waals surface area contributed by atoms with Crippen LogP contribution in [0.2, 0.25) is 0 Å². The lowest BCUT2D eigenvalue weighted by molar-refractivity contribution is -0.143. The molecule has 0 radical (unpaired) electrons. The van der Waals surface area contributed by atoms with E-state index < -0.39 is 72.6 Å². The lowest BCUT2D eigenvalue weighted by Crippen LogP contribution is -2.58. The molecule has 0 fully saturated rings. The molecule has 0 aromatic heterocycles. The predicted molar refractivity (Wildman–Crippen MR) is 120 cm³/mol. The fraction of sp³-hybridized carbons (Fsp3) is 0.684. The molecule has 4 amide bonds. The van der Waals surface area contributed by atoms with Crippen LogP contribution in [0.4, 0.5) is 0 Å². The molecular weight excluding hydrogens is 458 g/mol. The minimum atomic E-state index is -1.47. The van der Waals surface area contributed by atoms with Gasteiger partial charge < -0.3 is 37.6 Å². The first kappa shape index (κ1) is 30.1. The Hall–Kier alpha value is -2.87. The summed E-state index contributed by atoms with van der Waals surface area (Å²) < 4.78 is 0. The Morgan fingerprint density at radius 1 is 0.848 bits per heavy atom. The van der Waals surface area contributed by atoms with E-state index in [1.807, 2.05) is 0 Å². The second-order valence-corrected chi connectivity index (χ2v) is 8.66. The SMILES string of the molecule is CSCCC(NC(=O)C(CCC(=O)O)NC(=O)C(CC(N)=O)NC(=O)C(N)C(C)C)C(=O)O. The lowest BCUT2D eigenvalue weighted by Gasteiger charge is -2.25. The van der Waals surface area contributed by atoms with Gasteiger partial charge in [-0.25, -0.2) is 4.79 Å². The molecular formula is C19H33N5O8S. The van der Waals surface area contributed by atoms with Gasteiger partial charge in [0.15, 0.2) is 0 Å². The van der Waals surface area contributed by atoms with E-state index in [1.54, 1.807) is 20.1 Å². The lowest BCUT2D eigenvalue weighted by atomic mass is 10.0. The second-order valence-electron chi connectivity index (χ2n) is 7.68. The summed E-state index contributed by atoms with van der Waals surface area (Å²) in [4.78, 5) is 71.4. The van der Waals surface area contributed by atoms with Gasteiger partial charge in [0.2, 0.25) is 23.6 Å². The van der Waals surface area contributed by atoms with E-state index in [9.17, 15) is 33.9 Å². The molecule has 0 heterocycles. The molecule has 188 valence electrons. The third-order valence-electron chi connectivity index (χ3n) is 4.56. The molecule has 0 aliphatic rings. The summed E-state index contributed by atoms with van der Waals surface area (Å²) in [5, 5.41) is 25.1. The number of carbonyl (C=O) groups excluding carboxylic acids is 4. The molecule has 14 heteroatoms. The van der Waals surface area contributed by atoms with Gasteiger partial charge in [0.1, 0.15) is 18.1 Å².